The van der Waals surface area contributed by atoms with Crippen molar-refractivity contribution in [2.45, 2.75) is 19.4 Å². The number of carbonyl (C=O) groups excluding carboxylic acids is 3. The van der Waals surface area contributed by atoms with Gasteiger partial charge in [0.15, 0.2) is 0 Å². The van der Waals surface area contributed by atoms with Gasteiger partial charge in [-0.15, -0.1) is 0 Å². The Morgan fingerprint density at radius 2 is 2.00 bits per heavy atom. The number of aliphatic carboxylic acids is 1. The lowest BCUT2D eigenvalue weighted by Gasteiger charge is -2.31. The van der Waals surface area contributed by atoms with Gasteiger partial charge in [0.25, 0.3) is 0 Å². The Kier molecular flexibility index (Phi) is 2.60. The van der Waals surface area contributed by atoms with Crippen molar-refractivity contribution in [3.63, 3.8) is 0 Å². The number of nitrogens with zero attached hydrogens (tertiary/aromatic N) is 1. The minimum Gasteiger partial charge on any atom is -0.481 e. The number of carbonyl (C=O) groups is 4. The third kappa shape index (κ3) is 2.00. The van der Waals surface area contributed by atoms with Gasteiger partial charge in [0, 0.05) is 0 Å². The van der Waals surface area contributed by atoms with E-state index in [4.69, 9.17) is 5.11 Å². The van der Waals surface area contributed by atoms with E-state index in [9.17, 15) is 19.2 Å². The summed E-state index contributed by atoms with van der Waals surface area (Å²) in [4.78, 5) is 46.2. The summed E-state index contributed by atoms with van der Waals surface area (Å²) in [5, 5.41) is 10.8. The molecule has 3 atom stereocenters. The Morgan fingerprint density at radius 1 is 1.35 bits per heavy atom. The summed E-state index contributed by atoms with van der Waals surface area (Å²) in [6.45, 7) is 1.33. The largest absolute Gasteiger partial charge is 0.481 e. The number of imide groups is 1. The first kappa shape index (κ1) is 11.6. The van der Waals surface area contributed by atoms with Crippen LogP contribution in [0.25, 0.3) is 0 Å². The number of hydrogen-bond acceptors (Lipinski definition) is 4. The van der Waals surface area contributed by atoms with Gasteiger partial charge >= 0.3 is 5.97 Å². The van der Waals surface area contributed by atoms with Gasteiger partial charge in [-0.05, 0) is 13.3 Å². The maximum Gasteiger partial charge on any atom is 0.307 e. The summed E-state index contributed by atoms with van der Waals surface area (Å²) >= 11 is 0. The smallest absolute Gasteiger partial charge is 0.307 e. The summed E-state index contributed by atoms with van der Waals surface area (Å²) in [5.74, 6) is -3.75. The molecule has 17 heavy (non-hydrogen) atoms. The van der Waals surface area contributed by atoms with E-state index in [1.54, 1.807) is 0 Å². The lowest BCUT2D eigenvalue weighted by molar-refractivity contribution is -0.150. The maximum atomic E-state index is 11.9. The molecule has 7 heteroatoms. The second kappa shape index (κ2) is 3.83. The van der Waals surface area contributed by atoms with Crippen molar-refractivity contribution < 1.29 is 24.3 Å². The van der Waals surface area contributed by atoms with Crippen LogP contribution in [0, 0.1) is 11.8 Å². The predicted octanol–water partition coefficient (Wildman–Crippen LogP) is -1.42. The van der Waals surface area contributed by atoms with Crippen LogP contribution in [0.2, 0.25) is 0 Å². The lowest BCUT2D eigenvalue weighted by Crippen LogP contribution is -2.59. The van der Waals surface area contributed by atoms with Gasteiger partial charge in [-0.3, -0.25) is 24.5 Å². The molecule has 1 aliphatic carbocycles. The van der Waals surface area contributed by atoms with Crippen molar-refractivity contribution in [1.29, 1.82) is 0 Å². The van der Waals surface area contributed by atoms with Crippen molar-refractivity contribution in [3.8, 4) is 0 Å². The van der Waals surface area contributed by atoms with E-state index in [1.165, 1.54) is 6.92 Å². The van der Waals surface area contributed by atoms with Crippen LogP contribution in [0.1, 0.15) is 13.3 Å². The van der Waals surface area contributed by atoms with Crippen LogP contribution in [0.3, 0.4) is 0 Å². The number of hydrogen-bond donors (Lipinski definition) is 2. The molecule has 3 amide bonds. The molecule has 1 saturated heterocycles. The molecule has 0 radical (unpaired) electrons. The first-order valence-electron chi connectivity index (χ1n) is 5.28. The Hall–Kier alpha value is -1.92. The number of rotatable bonds is 2. The highest BCUT2D eigenvalue weighted by molar-refractivity contribution is 6.05. The molecule has 0 aromatic carbocycles. The van der Waals surface area contributed by atoms with Crippen molar-refractivity contribution in [3.05, 3.63) is 0 Å². The van der Waals surface area contributed by atoms with Gasteiger partial charge in [0.2, 0.25) is 17.7 Å². The molecule has 7 nitrogen and oxygen atoms in total. The molecular formula is C10H12N2O5. The van der Waals surface area contributed by atoms with Crippen LogP contribution >= 0.6 is 0 Å². The SMILES string of the molecule is CC1C(=O)NC(=O)CN1C(=O)C1CC1C(=O)O. The van der Waals surface area contributed by atoms with E-state index >= 15 is 0 Å². The lowest BCUT2D eigenvalue weighted by atomic mass is 10.1. The van der Waals surface area contributed by atoms with Crippen LogP contribution in [0.4, 0.5) is 0 Å². The minimum absolute atomic E-state index is 0.186. The monoisotopic (exact) mass is 240 g/mol. The van der Waals surface area contributed by atoms with E-state index in [-0.39, 0.29) is 13.0 Å². The minimum atomic E-state index is -1.01. The fourth-order valence-electron chi connectivity index (χ4n) is 1.94. The molecule has 0 aromatic rings. The molecule has 2 aliphatic rings. The Bertz CT molecular complexity index is 419. The highest BCUT2D eigenvalue weighted by atomic mass is 16.4. The first-order valence-corrected chi connectivity index (χ1v) is 5.28. The normalized spacial score (nSPS) is 32.1. The molecule has 1 heterocycles. The average Bonchev–Trinajstić information content (AvgIpc) is 3.02. The first-order chi connectivity index (χ1) is 7.91. The molecule has 0 bridgehead atoms. The summed E-state index contributed by atoms with van der Waals surface area (Å²) in [6, 6.07) is -0.727. The molecular weight excluding hydrogens is 228 g/mol. The van der Waals surface area contributed by atoms with E-state index in [0.717, 1.165) is 4.90 Å². The molecule has 2 fully saturated rings. The molecule has 2 N–H and O–H groups in total. The topological polar surface area (TPSA) is 104 Å². The summed E-state index contributed by atoms with van der Waals surface area (Å²) in [5.41, 5.74) is 0. The fourth-order valence-corrected chi connectivity index (χ4v) is 1.94. The van der Waals surface area contributed by atoms with Gasteiger partial charge in [0.1, 0.15) is 12.6 Å². The summed E-state index contributed by atoms with van der Waals surface area (Å²) < 4.78 is 0. The predicted molar refractivity (Wildman–Crippen MR) is 53.6 cm³/mol. The van der Waals surface area contributed by atoms with E-state index in [0.29, 0.717) is 0 Å². The Labute approximate surface area is 96.8 Å². The number of nitrogens with one attached hydrogen (secondary N) is 1. The summed E-state index contributed by atoms with van der Waals surface area (Å²) in [6.07, 6.45) is 0.285. The van der Waals surface area contributed by atoms with Crippen molar-refractivity contribution in [2.24, 2.45) is 11.8 Å². The third-order valence-corrected chi connectivity index (χ3v) is 3.13. The number of carboxylic acid groups (broad SMARTS) is 1. The number of piperazine rings is 1. The zero-order chi connectivity index (χ0) is 12.7. The molecule has 2 rings (SSSR count). The van der Waals surface area contributed by atoms with Crippen molar-refractivity contribution >= 4 is 23.7 Å². The molecule has 1 aliphatic heterocycles. The van der Waals surface area contributed by atoms with Crippen LogP contribution in [0.5, 0.6) is 0 Å². The summed E-state index contributed by atoms with van der Waals surface area (Å²) in [7, 11) is 0. The zero-order valence-corrected chi connectivity index (χ0v) is 9.17. The highest BCUT2D eigenvalue weighted by Crippen LogP contribution is 2.40. The Morgan fingerprint density at radius 3 is 2.53 bits per heavy atom. The molecule has 0 aromatic heterocycles. The number of carboxylic acids is 1. The van der Waals surface area contributed by atoms with Crippen LogP contribution in [0.15, 0.2) is 0 Å². The molecule has 92 valence electrons. The van der Waals surface area contributed by atoms with Gasteiger partial charge < -0.3 is 10.0 Å². The van der Waals surface area contributed by atoms with Crippen LogP contribution < -0.4 is 5.32 Å². The Balaban J connectivity index is 2.07. The van der Waals surface area contributed by atoms with E-state index in [1.807, 2.05) is 0 Å². The standard InChI is InChI=1S/C10H12N2O5/c1-4-8(14)11-7(13)3-12(4)9(15)5-2-6(5)10(16)17/h4-6H,2-3H2,1H3,(H,16,17)(H,11,13,14). The van der Waals surface area contributed by atoms with E-state index < -0.39 is 41.6 Å². The van der Waals surface area contributed by atoms with Crippen LogP contribution in [-0.4, -0.2) is 46.3 Å². The fraction of sp³-hybridized carbons (Fsp3) is 0.600. The number of amides is 3. The van der Waals surface area contributed by atoms with Crippen molar-refractivity contribution in [1.82, 2.24) is 10.2 Å². The zero-order valence-electron chi connectivity index (χ0n) is 9.17. The van der Waals surface area contributed by atoms with Gasteiger partial charge in [-0.2, -0.15) is 0 Å². The van der Waals surface area contributed by atoms with Gasteiger partial charge in [-0.1, -0.05) is 0 Å². The molecule has 3 unspecified atom stereocenters. The quantitative estimate of drug-likeness (QED) is 0.576. The second-order valence-electron chi connectivity index (χ2n) is 4.34. The van der Waals surface area contributed by atoms with Gasteiger partial charge in [0.05, 0.1) is 11.8 Å². The maximum absolute atomic E-state index is 11.9. The highest BCUT2D eigenvalue weighted by Gasteiger charge is 2.51. The van der Waals surface area contributed by atoms with Gasteiger partial charge in [-0.25, -0.2) is 0 Å². The molecule has 1 saturated carbocycles. The second-order valence-corrected chi connectivity index (χ2v) is 4.34. The molecule has 0 spiro atoms. The third-order valence-electron chi connectivity index (χ3n) is 3.13. The average molecular weight is 240 g/mol. The van der Waals surface area contributed by atoms with E-state index in [2.05, 4.69) is 5.32 Å². The van der Waals surface area contributed by atoms with Crippen LogP contribution in [-0.2, 0) is 19.2 Å². The van der Waals surface area contributed by atoms with Crippen molar-refractivity contribution in [2.75, 3.05) is 6.54 Å².